The molecule has 100 valence electrons. The first-order valence-electron chi connectivity index (χ1n) is 5.82. The van der Waals surface area contributed by atoms with Gasteiger partial charge in [-0.05, 0) is 30.8 Å². The number of hydrogen-bond acceptors (Lipinski definition) is 3. The lowest BCUT2D eigenvalue weighted by Crippen LogP contribution is -2.05. The van der Waals surface area contributed by atoms with Gasteiger partial charge in [-0.3, -0.25) is 10.1 Å². The molecule has 0 saturated heterocycles. The van der Waals surface area contributed by atoms with E-state index in [1.807, 2.05) is 25.5 Å². The zero-order chi connectivity index (χ0) is 13.8. The lowest BCUT2D eigenvalue weighted by molar-refractivity contribution is -0.385. The Balaban J connectivity index is 2.26. The van der Waals surface area contributed by atoms with Crippen LogP contribution in [0.25, 0.3) is 0 Å². The Kier molecular flexibility index (Phi) is 3.91. The highest BCUT2D eigenvalue weighted by molar-refractivity contribution is 5.40. The number of nitrogens with zero attached hydrogens (tertiary/aromatic N) is 2. The third-order valence-corrected chi connectivity index (χ3v) is 2.78. The van der Waals surface area contributed by atoms with E-state index in [4.69, 9.17) is 0 Å². The SMILES string of the molecule is CNCc1ccn(Cc2cc(F)ccc2[N+](=O)[O-])c1. The third-order valence-electron chi connectivity index (χ3n) is 2.78. The zero-order valence-corrected chi connectivity index (χ0v) is 10.5. The Hall–Kier alpha value is -2.21. The predicted molar refractivity (Wildman–Crippen MR) is 69.4 cm³/mol. The highest BCUT2D eigenvalue weighted by atomic mass is 19.1. The molecule has 1 heterocycles. The molecule has 0 aliphatic heterocycles. The normalized spacial score (nSPS) is 10.6. The molecule has 0 aliphatic carbocycles. The van der Waals surface area contributed by atoms with Crippen LogP contribution < -0.4 is 5.32 Å². The maximum absolute atomic E-state index is 13.2. The second-order valence-electron chi connectivity index (χ2n) is 4.25. The lowest BCUT2D eigenvalue weighted by Gasteiger charge is -2.05. The Morgan fingerprint density at radius 3 is 2.89 bits per heavy atom. The molecule has 0 unspecified atom stereocenters. The first-order chi connectivity index (χ1) is 9.10. The van der Waals surface area contributed by atoms with E-state index in [0.29, 0.717) is 5.56 Å². The number of aromatic nitrogens is 1. The van der Waals surface area contributed by atoms with Crippen molar-refractivity contribution in [3.05, 3.63) is 63.7 Å². The van der Waals surface area contributed by atoms with Crippen molar-refractivity contribution in [1.82, 2.24) is 9.88 Å². The molecular formula is C13H14FN3O2. The average Bonchev–Trinajstić information content (AvgIpc) is 2.77. The summed E-state index contributed by atoms with van der Waals surface area (Å²) in [6.45, 7) is 0.996. The Bertz CT molecular complexity index is 595. The summed E-state index contributed by atoms with van der Waals surface area (Å²) in [6.07, 6.45) is 3.70. The highest BCUT2D eigenvalue weighted by Crippen LogP contribution is 2.21. The molecule has 0 fully saturated rings. The third kappa shape index (κ3) is 3.17. The lowest BCUT2D eigenvalue weighted by atomic mass is 10.1. The van der Waals surface area contributed by atoms with Crippen molar-refractivity contribution in [1.29, 1.82) is 0 Å². The summed E-state index contributed by atoms with van der Waals surface area (Å²) >= 11 is 0. The van der Waals surface area contributed by atoms with Gasteiger partial charge in [-0.25, -0.2) is 4.39 Å². The number of halogens is 1. The molecule has 0 atom stereocenters. The van der Waals surface area contributed by atoms with Gasteiger partial charge >= 0.3 is 0 Å². The Morgan fingerprint density at radius 1 is 1.42 bits per heavy atom. The van der Waals surface area contributed by atoms with E-state index < -0.39 is 10.7 Å². The second-order valence-corrected chi connectivity index (χ2v) is 4.25. The van der Waals surface area contributed by atoms with Crippen LogP contribution in [0.5, 0.6) is 0 Å². The van der Waals surface area contributed by atoms with Crippen LogP contribution in [0.2, 0.25) is 0 Å². The smallest absolute Gasteiger partial charge is 0.274 e. The fourth-order valence-electron chi connectivity index (χ4n) is 1.95. The van der Waals surface area contributed by atoms with E-state index in [2.05, 4.69) is 5.32 Å². The molecule has 5 nitrogen and oxygen atoms in total. The van der Waals surface area contributed by atoms with Crippen LogP contribution in [0.1, 0.15) is 11.1 Å². The van der Waals surface area contributed by atoms with E-state index in [1.165, 1.54) is 12.1 Å². The van der Waals surface area contributed by atoms with Crippen LogP contribution in [0.3, 0.4) is 0 Å². The van der Waals surface area contributed by atoms with Gasteiger partial charge < -0.3 is 9.88 Å². The van der Waals surface area contributed by atoms with Gasteiger partial charge in [0.25, 0.3) is 5.69 Å². The zero-order valence-electron chi connectivity index (χ0n) is 10.5. The summed E-state index contributed by atoms with van der Waals surface area (Å²) in [4.78, 5) is 10.4. The van der Waals surface area contributed by atoms with Crippen molar-refractivity contribution < 1.29 is 9.31 Å². The summed E-state index contributed by atoms with van der Waals surface area (Å²) in [5.41, 5.74) is 1.36. The first-order valence-corrected chi connectivity index (χ1v) is 5.82. The standard InChI is InChI=1S/C13H14FN3O2/c1-15-7-10-4-5-16(8-10)9-11-6-12(14)2-3-13(11)17(18)19/h2-6,8,15H,7,9H2,1H3. The van der Waals surface area contributed by atoms with Gasteiger partial charge in [0.2, 0.25) is 0 Å². The van der Waals surface area contributed by atoms with Crippen LogP contribution in [0.15, 0.2) is 36.7 Å². The summed E-state index contributed by atoms with van der Waals surface area (Å²) < 4.78 is 15.0. The number of nitrogens with one attached hydrogen (secondary N) is 1. The van der Waals surface area contributed by atoms with Crippen LogP contribution >= 0.6 is 0 Å². The molecule has 1 aromatic heterocycles. The van der Waals surface area contributed by atoms with Crippen LogP contribution in [0.4, 0.5) is 10.1 Å². The van der Waals surface area contributed by atoms with E-state index in [9.17, 15) is 14.5 Å². The largest absolute Gasteiger partial charge is 0.349 e. The molecule has 6 heteroatoms. The van der Waals surface area contributed by atoms with Crippen molar-refractivity contribution >= 4 is 5.69 Å². The summed E-state index contributed by atoms with van der Waals surface area (Å²) in [7, 11) is 1.84. The maximum atomic E-state index is 13.2. The molecule has 0 bridgehead atoms. The number of nitro groups is 1. The predicted octanol–water partition coefficient (Wildman–Crippen LogP) is 2.30. The van der Waals surface area contributed by atoms with E-state index in [-0.39, 0.29) is 12.2 Å². The van der Waals surface area contributed by atoms with E-state index >= 15 is 0 Å². The molecule has 2 rings (SSSR count). The molecule has 1 N–H and O–H groups in total. The molecule has 0 saturated carbocycles. The van der Waals surface area contributed by atoms with Gasteiger partial charge in [0, 0.05) is 25.0 Å². The Labute approximate surface area is 109 Å². The minimum Gasteiger partial charge on any atom is -0.349 e. The van der Waals surface area contributed by atoms with Crippen molar-refractivity contribution in [2.24, 2.45) is 0 Å². The van der Waals surface area contributed by atoms with Gasteiger partial charge in [-0.1, -0.05) is 0 Å². The van der Waals surface area contributed by atoms with Crippen molar-refractivity contribution in [2.45, 2.75) is 13.1 Å². The molecule has 0 amide bonds. The fourth-order valence-corrected chi connectivity index (χ4v) is 1.95. The molecule has 0 aliphatic rings. The van der Waals surface area contributed by atoms with Crippen LogP contribution in [-0.4, -0.2) is 16.5 Å². The van der Waals surface area contributed by atoms with Crippen molar-refractivity contribution in [2.75, 3.05) is 7.05 Å². The van der Waals surface area contributed by atoms with E-state index in [1.54, 1.807) is 4.57 Å². The van der Waals surface area contributed by atoms with Crippen LogP contribution in [-0.2, 0) is 13.1 Å². The minimum absolute atomic E-state index is 0.0646. The molecule has 0 spiro atoms. The number of nitro benzene ring substituents is 1. The molecule has 19 heavy (non-hydrogen) atoms. The minimum atomic E-state index is -0.493. The average molecular weight is 263 g/mol. The monoisotopic (exact) mass is 263 g/mol. The quantitative estimate of drug-likeness (QED) is 0.665. The molecule has 1 aromatic carbocycles. The highest BCUT2D eigenvalue weighted by Gasteiger charge is 2.14. The van der Waals surface area contributed by atoms with Crippen molar-refractivity contribution in [3.8, 4) is 0 Å². The maximum Gasteiger partial charge on any atom is 0.274 e. The number of hydrogen-bond donors (Lipinski definition) is 1. The number of rotatable bonds is 5. The molecule has 2 aromatic rings. The van der Waals surface area contributed by atoms with E-state index in [0.717, 1.165) is 18.2 Å². The topological polar surface area (TPSA) is 60.1 Å². The summed E-state index contributed by atoms with van der Waals surface area (Å²) in [5.74, 6) is -0.469. The van der Waals surface area contributed by atoms with Crippen LogP contribution in [0, 0.1) is 15.9 Å². The van der Waals surface area contributed by atoms with Gasteiger partial charge in [-0.2, -0.15) is 0 Å². The molecular weight excluding hydrogens is 249 g/mol. The number of benzene rings is 1. The van der Waals surface area contributed by atoms with Gasteiger partial charge in [-0.15, -0.1) is 0 Å². The fraction of sp³-hybridized carbons (Fsp3) is 0.231. The van der Waals surface area contributed by atoms with Gasteiger partial charge in [0.15, 0.2) is 0 Å². The summed E-state index contributed by atoms with van der Waals surface area (Å²) in [5, 5.41) is 13.9. The summed E-state index contributed by atoms with van der Waals surface area (Å²) in [6, 6.07) is 5.42. The molecule has 0 radical (unpaired) electrons. The van der Waals surface area contributed by atoms with Crippen molar-refractivity contribution in [3.63, 3.8) is 0 Å². The second kappa shape index (κ2) is 5.62. The van der Waals surface area contributed by atoms with Gasteiger partial charge in [0.05, 0.1) is 17.0 Å². The first kappa shape index (κ1) is 13.2. The Morgan fingerprint density at radius 2 is 2.21 bits per heavy atom. The van der Waals surface area contributed by atoms with Gasteiger partial charge in [0.1, 0.15) is 5.82 Å².